The number of nitrogens with zero attached hydrogens (tertiary/aromatic N) is 1. The van der Waals surface area contributed by atoms with Gasteiger partial charge in [-0.15, -0.1) is 0 Å². The Bertz CT molecular complexity index is 1620. The summed E-state index contributed by atoms with van der Waals surface area (Å²) >= 11 is 7.88. The van der Waals surface area contributed by atoms with Crippen molar-refractivity contribution in [3.05, 3.63) is 35.9 Å². The maximum absolute atomic E-state index is 13.7. The first-order chi connectivity index (χ1) is 27.4. The molecule has 7 atom stereocenters. The van der Waals surface area contributed by atoms with E-state index in [9.17, 15) is 53.4 Å². The number of carboxylic acids is 2. The summed E-state index contributed by atoms with van der Waals surface area (Å²) in [6.45, 7) is 2.37. The molecule has 0 radical (unpaired) electrons. The number of rotatable bonds is 24. The minimum Gasteiger partial charge on any atom is -0.481 e. The minimum atomic E-state index is -1.71. The zero-order valence-electron chi connectivity index (χ0n) is 32.2. The van der Waals surface area contributed by atoms with Crippen LogP contribution in [0.3, 0.4) is 0 Å². The molecule has 0 spiro atoms. The molecule has 1 aromatic rings. The van der Waals surface area contributed by atoms with Crippen LogP contribution < -0.4 is 37.6 Å². The quantitative estimate of drug-likeness (QED) is 0.0461. The number of nitrogens with one attached hydrogen (secondary N) is 6. The van der Waals surface area contributed by atoms with E-state index < -0.39 is 122 Å². The van der Waals surface area contributed by atoms with Crippen molar-refractivity contribution in [3.63, 3.8) is 0 Å². The number of carboxylic acid groups (broad SMARTS) is 2. The largest absolute Gasteiger partial charge is 0.481 e. The van der Waals surface area contributed by atoms with Crippen molar-refractivity contribution in [1.29, 1.82) is 0 Å². The van der Waals surface area contributed by atoms with Crippen LogP contribution in [-0.2, 0) is 49.6 Å². The SMILES string of the molecule is CC(C)C[C@H](NC(=O)[C@@H](N)CS)C(=O)NCC(=O)N1CCC[C@H]1C(=O)N[C@@H](Cc1ccccc1)C(=O)N[C@@H](CO)C(=O)N[C@@H](CCC(=O)O)C(=O)N[C@@H](CS)C(=O)O. The third-order valence-corrected chi connectivity index (χ3v) is 9.73. The summed E-state index contributed by atoms with van der Waals surface area (Å²) in [5.74, 6) is -8.63. The van der Waals surface area contributed by atoms with E-state index in [4.69, 9.17) is 10.8 Å². The molecule has 0 aliphatic carbocycles. The predicted molar refractivity (Wildman–Crippen MR) is 214 cm³/mol. The Kier molecular flexibility index (Phi) is 21.0. The van der Waals surface area contributed by atoms with Crippen molar-refractivity contribution in [3.8, 4) is 0 Å². The van der Waals surface area contributed by atoms with Crippen LogP contribution in [0.1, 0.15) is 51.5 Å². The van der Waals surface area contributed by atoms with Crippen molar-refractivity contribution < 1.29 is 58.5 Å². The molecule has 1 fully saturated rings. The lowest BCUT2D eigenvalue weighted by Gasteiger charge is -2.28. The van der Waals surface area contributed by atoms with Crippen molar-refractivity contribution in [2.75, 3.05) is 31.2 Å². The Morgan fingerprint density at radius 1 is 0.776 bits per heavy atom. The number of thiol groups is 2. The Labute approximate surface area is 346 Å². The lowest BCUT2D eigenvalue weighted by Crippen LogP contribution is -2.60. The van der Waals surface area contributed by atoms with Gasteiger partial charge in [0.2, 0.25) is 41.4 Å². The number of nitrogens with two attached hydrogens (primary N) is 1. The van der Waals surface area contributed by atoms with E-state index >= 15 is 0 Å². The number of benzene rings is 1. The summed E-state index contributed by atoms with van der Waals surface area (Å²) in [6.07, 6.45) is -0.270. The van der Waals surface area contributed by atoms with E-state index in [0.29, 0.717) is 12.0 Å². The van der Waals surface area contributed by atoms with Gasteiger partial charge in [0, 0.05) is 30.9 Å². The molecule has 58 heavy (non-hydrogen) atoms. The van der Waals surface area contributed by atoms with Gasteiger partial charge in [-0.25, -0.2) is 4.79 Å². The smallest absolute Gasteiger partial charge is 0.327 e. The second-order valence-electron chi connectivity index (χ2n) is 14.0. The molecule has 2 rings (SSSR count). The van der Waals surface area contributed by atoms with Gasteiger partial charge in [-0.05, 0) is 37.2 Å². The van der Waals surface area contributed by atoms with Gasteiger partial charge in [0.05, 0.1) is 19.2 Å². The fraction of sp³-hybridized carbons (Fsp3) is 0.583. The van der Waals surface area contributed by atoms with Crippen molar-refractivity contribution in [2.45, 2.75) is 94.7 Å². The molecule has 0 bridgehead atoms. The summed E-state index contributed by atoms with van der Waals surface area (Å²) in [5, 5.41) is 43.0. The Balaban J connectivity index is 2.21. The first-order valence-electron chi connectivity index (χ1n) is 18.6. The van der Waals surface area contributed by atoms with Crippen LogP contribution in [0.4, 0.5) is 0 Å². The molecule has 0 aromatic heterocycles. The molecule has 1 saturated heterocycles. The van der Waals surface area contributed by atoms with Crippen LogP contribution >= 0.6 is 25.3 Å². The number of aliphatic carboxylic acids is 2. The Hall–Kier alpha value is -4.93. The number of carbonyl (C=O) groups is 9. The molecule has 1 aliphatic rings. The molecular weight excluding hydrogens is 801 g/mol. The van der Waals surface area contributed by atoms with Crippen LogP contribution in [0, 0.1) is 5.92 Å². The monoisotopic (exact) mass is 854 g/mol. The highest BCUT2D eigenvalue weighted by molar-refractivity contribution is 7.80. The number of aliphatic hydroxyl groups is 1. The number of aliphatic hydroxyl groups excluding tert-OH is 1. The number of hydrogen-bond acceptors (Lipinski definition) is 13. The van der Waals surface area contributed by atoms with E-state index in [1.165, 1.54) is 4.90 Å². The third kappa shape index (κ3) is 16.1. The lowest BCUT2D eigenvalue weighted by atomic mass is 10.0. The standard InChI is InChI=1S/C36H54N8O12S2/c1-19(2)13-23(40-30(49)21(37)17-57)31(50)38-15-28(46)44-12-6-9-27(44)35(54)41-24(14-20-7-4-3-5-8-20)33(52)42-25(16-45)34(53)39-22(10-11-29(47)48)32(51)43-26(18-58)36(55)56/h3-5,7-8,19,21-27,45,57-58H,6,9-18,37H2,1-2H3,(H,38,50)(H,39,53)(H,40,49)(H,41,54)(H,42,52)(H,43,51)(H,47,48)(H,55,56)/t21-,22-,23-,24-,25-,26-,27-/m0/s1. The molecule has 322 valence electrons. The second kappa shape index (κ2) is 24.8. The van der Waals surface area contributed by atoms with Crippen LogP contribution in [0.2, 0.25) is 0 Å². The molecule has 1 heterocycles. The predicted octanol–water partition coefficient (Wildman–Crippen LogP) is -3.06. The van der Waals surface area contributed by atoms with Gasteiger partial charge in [-0.2, -0.15) is 25.3 Å². The van der Waals surface area contributed by atoms with Crippen molar-refractivity contribution in [2.24, 2.45) is 11.7 Å². The first-order valence-corrected chi connectivity index (χ1v) is 19.8. The molecule has 0 unspecified atom stereocenters. The molecule has 1 aliphatic heterocycles. The van der Waals surface area contributed by atoms with Gasteiger partial charge in [0.25, 0.3) is 0 Å². The highest BCUT2D eigenvalue weighted by Crippen LogP contribution is 2.18. The van der Waals surface area contributed by atoms with Gasteiger partial charge in [-0.1, -0.05) is 44.2 Å². The summed E-state index contributed by atoms with van der Waals surface area (Å²) < 4.78 is 0. The van der Waals surface area contributed by atoms with E-state index in [0.717, 1.165) is 0 Å². The highest BCUT2D eigenvalue weighted by Gasteiger charge is 2.37. The molecule has 7 amide bonds. The molecular formula is C36H54N8O12S2. The first kappa shape index (κ1) is 49.2. The number of hydrogen-bond donors (Lipinski definition) is 12. The third-order valence-electron chi connectivity index (χ3n) is 8.97. The van der Waals surface area contributed by atoms with E-state index in [-0.39, 0.29) is 43.2 Å². The van der Waals surface area contributed by atoms with Gasteiger partial charge in [0.1, 0.15) is 36.3 Å². The van der Waals surface area contributed by atoms with Crippen LogP contribution in [0.25, 0.3) is 0 Å². The van der Waals surface area contributed by atoms with E-state index in [1.807, 2.05) is 13.8 Å². The summed E-state index contributed by atoms with van der Waals surface area (Å²) in [5.41, 5.74) is 6.33. The average molecular weight is 855 g/mol. The molecule has 11 N–H and O–H groups in total. The number of carbonyl (C=O) groups excluding carboxylic acids is 7. The number of likely N-dealkylation sites (tertiary alicyclic amines) is 1. The molecule has 22 heteroatoms. The molecule has 0 saturated carbocycles. The normalized spacial score (nSPS) is 16.7. The van der Waals surface area contributed by atoms with Gasteiger partial charge in [0.15, 0.2) is 0 Å². The van der Waals surface area contributed by atoms with Crippen LogP contribution in [-0.4, -0.2) is 147 Å². The van der Waals surface area contributed by atoms with Gasteiger partial charge in [-0.3, -0.25) is 38.4 Å². The van der Waals surface area contributed by atoms with Crippen LogP contribution in [0.15, 0.2) is 30.3 Å². The maximum atomic E-state index is 13.7. The van der Waals surface area contributed by atoms with E-state index in [1.54, 1.807) is 30.3 Å². The number of amides is 7. The van der Waals surface area contributed by atoms with Crippen molar-refractivity contribution >= 4 is 78.5 Å². The fourth-order valence-corrected chi connectivity index (χ4v) is 6.26. The highest BCUT2D eigenvalue weighted by atomic mass is 32.1. The molecule has 20 nitrogen and oxygen atoms in total. The van der Waals surface area contributed by atoms with E-state index in [2.05, 4.69) is 57.2 Å². The maximum Gasteiger partial charge on any atom is 0.327 e. The van der Waals surface area contributed by atoms with Crippen molar-refractivity contribution in [1.82, 2.24) is 36.8 Å². The fourth-order valence-electron chi connectivity index (χ4n) is 5.85. The summed E-state index contributed by atoms with van der Waals surface area (Å²) in [6, 6.07) is -0.637. The lowest BCUT2D eigenvalue weighted by molar-refractivity contribution is -0.142. The topological polar surface area (TPSA) is 316 Å². The Morgan fingerprint density at radius 2 is 1.36 bits per heavy atom. The van der Waals surface area contributed by atoms with Crippen LogP contribution in [0.5, 0.6) is 0 Å². The summed E-state index contributed by atoms with van der Waals surface area (Å²) in [7, 11) is 0. The zero-order chi connectivity index (χ0) is 43.5. The zero-order valence-corrected chi connectivity index (χ0v) is 34.0. The average Bonchev–Trinajstić information content (AvgIpc) is 3.69. The molecule has 1 aromatic carbocycles. The minimum absolute atomic E-state index is 0.00225. The second-order valence-corrected chi connectivity index (χ2v) is 14.7. The van der Waals surface area contributed by atoms with Gasteiger partial charge < -0.3 is 57.9 Å². The van der Waals surface area contributed by atoms with Gasteiger partial charge >= 0.3 is 11.9 Å². The summed E-state index contributed by atoms with van der Waals surface area (Å²) in [4.78, 5) is 116. The Morgan fingerprint density at radius 3 is 1.93 bits per heavy atom.